The Hall–Kier alpha value is -2.71. The second kappa shape index (κ2) is 6.17. The van der Waals surface area contributed by atoms with E-state index in [0.29, 0.717) is 37.6 Å². The van der Waals surface area contributed by atoms with Gasteiger partial charge in [0.1, 0.15) is 17.9 Å². The molecule has 27 heavy (non-hydrogen) atoms. The molecule has 144 valence electrons. The van der Waals surface area contributed by atoms with Crippen LogP contribution in [0.4, 0.5) is 0 Å². The van der Waals surface area contributed by atoms with Crippen molar-refractivity contribution in [2.75, 3.05) is 26.2 Å². The van der Waals surface area contributed by atoms with E-state index in [0.717, 1.165) is 5.82 Å². The zero-order valence-corrected chi connectivity index (χ0v) is 16.0. The zero-order valence-electron chi connectivity index (χ0n) is 16.0. The molecule has 0 bridgehead atoms. The minimum atomic E-state index is -0.195. The van der Waals surface area contributed by atoms with Gasteiger partial charge in [-0.1, -0.05) is 19.0 Å². The van der Waals surface area contributed by atoms with Crippen molar-refractivity contribution in [3.05, 3.63) is 29.7 Å². The van der Waals surface area contributed by atoms with Crippen molar-refractivity contribution in [2.45, 2.75) is 26.7 Å². The molecule has 2 aliphatic rings. The summed E-state index contributed by atoms with van der Waals surface area (Å²) >= 11 is 0. The summed E-state index contributed by atoms with van der Waals surface area (Å²) in [7, 11) is 1.91. The van der Waals surface area contributed by atoms with Gasteiger partial charge in [0.25, 0.3) is 5.91 Å². The second-order valence-corrected chi connectivity index (χ2v) is 8.07. The first-order chi connectivity index (χ1) is 12.8. The van der Waals surface area contributed by atoms with Gasteiger partial charge < -0.3 is 18.9 Å². The van der Waals surface area contributed by atoms with Gasteiger partial charge in [0, 0.05) is 56.5 Å². The number of amides is 2. The third-order valence-corrected chi connectivity index (χ3v) is 5.66. The monoisotopic (exact) mass is 372 g/mol. The normalized spacial score (nSPS) is 21.1. The summed E-state index contributed by atoms with van der Waals surface area (Å²) < 4.78 is 6.92. The van der Waals surface area contributed by atoms with Gasteiger partial charge in [0.05, 0.1) is 0 Å². The molecule has 4 rings (SSSR count). The first kappa shape index (κ1) is 17.7. The third-order valence-electron chi connectivity index (χ3n) is 5.66. The summed E-state index contributed by atoms with van der Waals surface area (Å²) in [5.74, 6) is 1.46. The van der Waals surface area contributed by atoms with Gasteiger partial charge >= 0.3 is 0 Å². The van der Waals surface area contributed by atoms with Crippen molar-refractivity contribution < 1.29 is 14.1 Å². The van der Waals surface area contributed by atoms with Crippen LogP contribution < -0.4 is 0 Å². The molecule has 2 fully saturated rings. The summed E-state index contributed by atoms with van der Waals surface area (Å²) in [6.07, 6.45) is 1.68. The number of likely N-dealkylation sites (tertiary alicyclic amines) is 2. The van der Waals surface area contributed by atoms with Crippen molar-refractivity contribution in [1.29, 1.82) is 0 Å². The first-order valence-corrected chi connectivity index (χ1v) is 9.16. The van der Waals surface area contributed by atoms with Gasteiger partial charge in [-0.25, -0.2) is 0 Å². The summed E-state index contributed by atoms with van der Waals surface area (Å²) in [4.78, 5) is 28.9. The highest BCUT2D eigenvalue weighted by Crippen LogP contribution is 2.49. The smallest absolute Gasteiger partial charge is 0.276 e. The average molecular weight is 372 g/mol. The van der Waals surface area contributed by atoms with Crippen LogP contribution in [0.25, 0.3) is 0 Å². The predicted molar refractivity (Wildman–Crippen MR) is 94.7 cm³/mol. The minimum Gasteiger partial charge on any atom is -0.361 e. The molecule has 1 unspecified atom stereocenters. The zero-order chi connectivity index (χ0) is 19.3. The number of nitrogens with zero attached hydrogens (tertiary/aromatic N) is 6. The van der Waals surface area contributed by atoms with Gasteiger partial charge in [-0.3, -0.25) is 9.59 Å². The molecule has 2 aromatic heterocycles. The summed E-state index contributed by atoms with van der Waals surface area (Å²) in [5.41, 5.74) is 0.130. The largest absolute Gasteiger partial charge is 0.361 e. The first-order valence-electron chi connectivity index (χ1n) is 9.16. The molecule has 1 atom stereocenters. The number of rotatable bonds is 3. The molecule has 4 heterocycles. The van der Waals surface area contributed by atoms with Gasteiger partial charge in [-0.05, 0) is 6.92 Å². The lowest BCUT2D eigenvalue weighted by atomic mass is 9.71. The van der Waals surface area contributed by atoms with Crippen LogP contribution in [-0.4, -0.2) is 67.7 Å². The van der Waals surface area contributed by atoms with Crippen LogP contribution in [0.2, 0.25) is 0 Å². The van der Waals surface area contributed by atoms with Crippen molar-refractivity contribution in [3.8, 4) is 0 Å². The summed E-state index contributed by atoms with van der Waals surface area (Å²) in [6.45, 7) is 7.95. The number of carbonyl (C=O) groups excluding carboxylic acids is 2. The van der Waals surface area contributed by atoms with Crippen molar-refractivity contribution in [1.82, 2.24) is 29.7 Å². The van der Waals surface area contributed by atoms with Gasteiger partial charge in [0.2, 0.25) is 5.91 Å². The lowest BCUT2D eigenvalue weighted by Gasteiger charge is -2.50. The minimum absolute atomic E-state index is 0.0517. The molecule has 9 nitrogen and oxygen atoms in total. The highest BCUT2D eigenvalue weighted by atomic mass is 16.5. The molecule has 2 saturated heterocycles. The Morgan fingerprint density at radius 2 is 1.96 bits per heavy atom. The predicted octanol–water partition coefficient (Wildman–Crippen LogP) is 0.836. The van der Waals surface area contributed by atoms with Crippen LogP contribution in [0, 0.1) is 18.3 Å². The Labute approximate surface area is 157 Å². The molecular formula is C18H24N6O3. The number of hydrogen-bond donors (Lipinski definition) is 0. The molecule has 9 heteroatoms. The molecule has 0 aromatic carbocycles. The molecule has 2 aromatic rings. The SMILES string of the molecule is Cc1cc(C(=O)N2CC3(C2)CN(C(=O)C(C)C)CC3c2nncn2C)no1. The topological polar surface area (TPSA) is 97.4 Å². The van der Waals surface area contributed by atoms with E-state index >= 15 is 0 Å². The Morgan fingerprint density at radius 1 is 1.26 bits per heavy atom. The maximum absolute atomic E-state index is 12.7. The highest BCUT2D eigenvalue weighted by molar-refractivity contribution is 5.93. The molecule has 0 saturated carbocycles. The van der Waals surface area contributed by atoms with Gasteiger partial charge in [-0.2, -0.15) is 0 Å². The van der Waals surface area contributed by atoms with E-state index in [4.69, 9.17) is 4.52 Å². The molecule has 0 radical (unpaired) electrons. The fraction of sp³-hybridized carbons (Fsp3) is 0.611. The van der Waals surface area contributed by atoms with E-state index in [2.05, 4.69) is 15.4 Å². The van der Waals surface area contributed by atoms with Crippen LogP contribution in [0.1, 0.15) is 41.8 Å². The van der Waals surface area contributed by atoms with E-state index in [9.17, 15) is 9.59 Å². The molecule has 2 aliphatic heterocycles. The fourth-order valence-corrected chi connectivity index (χ4v) is 4.27. The lowest BCUT2D eigenvalue weighted by Crippen LogP contribution is -2.62. The standard InChI is InChI=1S/C18H24N6O3/c1-11(2)16(25)23-6-13(15-20-19-10-22(15)4)18(7-23)8-24(9-18)17(26)14-5-12(3)27-21-14/h5,10-11,13H,6-9H2,1-4H3. The number of carbonyl (C=O) groups is 2. The van der Waals surface area contributed by atoms with Crippen LogP contribution in [0.15, 0.2) is 16.9 Å². The van der Waals surface area contributed by atoms with E-state index < -0.39 is 0 Å². The molecule has 2 amide bonds. The van der Waals surface area contributed by atoms with Crippen LogP contribution in [0.3, 0.4) is 0 Å². The quantitative estimate of drug-likeness (QED) is 0.792. The fourth-order valence-electron chi connectivity index (χ4n) is 4.27. The van der Waals surface area contributed by atoms with Gasteiger partial charge in [0.15, 0.2) is 5.69 Å². The highest BCUT2D eigenvalue weighted by Gasteiger charge is 2.58. The van der Waals surface area contributed by atoms with E-state index in [1.807, 2.05) is 30.4 Å². The summed E-state index contributed by atoms with van der Waals surface area (Å²) in [5, 5.41) is 12.1. The lowest BCUT2D eigenvalue weighted by molar-refractivity contribution is -0.134. The number of aryl methyl sites for hydroxylation is 2. The number of aromatic nitrogens is 4. The summed E-state index contributed by atoms with van der Waals surface area (Å²) in [6, 6.07) is 1.65. The molecule has 0 N–H and O–H groups in total. The maximum Gasteiger partial charge on any atom is 0.276 e. The van der Waals surface area contributed by atoms with E-state index in [-0.39, 0.29) is 29.1 Å². The van der Waals surface area contributed by atoms with Crippen molar-refractivity contribution in [2.24, 2.45) is 18.4 Å². The van der Waals surface area contributed by atoms with Crippen LogP contribution >= 0.6 is 0 Å². The second-order valence-electron chi connectivity index (χ2n) is 8.07. The van der Waals surface area contributed by atoms with Crippen LogP contribution in [0.5, 0.6) is 0 Å². The Balaban J connectivity index is 1.57. The average Bonchev–Trinajstić information content (AvgIpc) is 3.29. The Bertz CT molecular complexity index is 879. The Kier molecular flexibility index (Phi) is 4.05. The van der Waals surface area contributed by atoms with Crippen LogP contribution in [-0.2, 0) is 11.8 Å². The van der Waals surface area contributed by atoms with Gasteiger partial charge in [-0.15, -0.1) is 10.2 Å². The van der Waals surface area contributed by atoms with Crippen molar-refractivity contribution in [3.63, 3.8) is 0 Å². The number of hydrogen-bond acceptors (Lipinski definition) is 6. The van der Waals surface area contributed by atoms with E-state index in [1.165, 1.54) is 0 Å². The Morgan fingerprint density at radius 3 is 2.52 bits per heavy atom. The molecule has 0 aliphatic carbocycles. The van der Waals surface area contributed by atoms with Crippen molar-refractivity contribution >= 4 is 11.8 Å². The molecular weight excluding hydrogens is 348 g/mol. The third kappa shape index (κ3) is 2.81. The van der Waals surface area contributed by atoms with E-state index in [1.54, 1.807) is 24.2 Å². The molecule has 1 spiro atoms. The maximum atomic E-state index is 12.7.